The Morgan fingerprint density at radius 3 is 2.81 bits per heavy atom. The Morgan fingerprint density at radius 2 is 2.25 bits per heavy atom. The van der Waals surface area contributed by atoms with Crippen LogP contribution in [0, 0.1) is 0 Å². The summed E-state index contributed by atoms with van der Waals surface area (Å²) in [5.74, 6) is -1.39. The normalized spacial score (nSPS) is 9.88. The number of carbonyl (C=O) groups is 2. The van der Waals surface area contributed by atoms with Gasteiger partial charge in [0.2, 0.25) is 0 Å². The van der Waals surface area contributed by atoms with E-state index >= 15 is 0 Å². The fourth-order valence-corrected chi connectivity index (χ4v) is 1.26. The largest absolute Gasteiger partial charge is 0.459 e. The minimum Gasteiger partial charge on any atom is -0.459 e. The molecule has 1 heterocycles. The molecule has 0 atom stereocenters. The van der Waals surface area contributed by atoms with Crippen molar-refractivity contribution < 1.29 is 14.3 Å². The molecule has 0 aliphatic heterocycles. The molecular formula is C11H16N2O3. The fraction of sp³-hybridized carbons (Fsp3) is 0.455. The number of hydrogen-bond acceptors (Lipinski definition) is 3. The summed E-state index contributed by atoms with van der Waals surface area (Å²) in [5.41, 5.74) is 1.10. The van der Waals surface area contributed by atoms with Crippen molar-refractivity contribution >= 4 is 11.9 Å². The number of H-pyrrole nitrogens is 1. The lowest BCUT2D eigenvalue weighted by molar-refractivity contribution is -0.159. The molecule has 0 radical (unpaired) electrons. The number of hydrogen-bond donors (Lipinski definition) is 1. The molecule has 1 aromatic heterocycles. The standard InChI is InChI=1S/C11H16N2O3/c1-3-16-11(15)10(14)13(2)7-5-9-4-6-12-8-9/h4,6,8,12H,3,5,7H2,1-2H3. The monoisotopic (exact) mass is 224 g/mol. The van der Waals surface area contributed by atoms with Gasteiger partial charge in [-0.15, -0.1) is 0 Å². The van der Waals surface area contributed by atoms with E-state index in [9.17, 15) is 9.59 Å². The summed E-state index contributed by atoms with van der Waals surface area (Å²) in [6.45, 7) is 2.39. The second kappa shape index (κ2) is 5.95. The first kappa shape index (κ1) is 12.3. The Kier molecular flexibility index (Phi) is 4.57. The fourth-order valence-electron chi connectivity index (χ4n) is 1.26. The van der Waals surface area contributed by atoms with Crippen LogP contribution in [0.5, 0.6) is 0 Å². The van der Waals surface area contributed by atoms with Gasteiger partial charge in [0.05, 0.1) is 6.61 Å². The maximum Gasteiger partial charge on any atom is 0.396 e. The molecular weight excluding hydrogens is 208 g/mol. The third-order valence-electron chi connectivity index (χ3n) is 2.20. The van der Waals surface area contributed by atoms with Crippen LogP contribution in [0.15, 0.2) is 18.5 Å². The predicted octanol–water partition coefficient (Wildman–Crippen LogP) is 0.579. The summed E-state index contributed by atoms with van der Waals surface area (Å²) in [4.78, 5) is 26.9. The number of esters is 1. The van der Waals surface area contributed by atoms with E-state index in [2.05, 4.69) is 9.72 Å². The smallest absolute Gasteiger partial charge is 0.396 e. The maximum atomic E-state index is 11.4. The zero-order chi connectivity index (χ0) is 12.0. The highest BCUT2D eigenvalue weighted by Gasteiger charge is 2.19. The summed E-state index contributed by atoms with van der Waals surface area (Å²) in [7, 11) is 1.59. The zero-order valence-corrected chi connectivity index (χ0v) is 9.53. The number of likely N-dealkylation sites (N-methyl/N-ethyl adjacent to an activating group) is 1. The van der Waals surface area contributed by atoms with Crippen molar-refractivity contribution in [3.63, 3.8) is 0 Å². The Morgan fingerprint density at radius 1 is 1.50 bits per heavy atom. The second-order valence-corrected chi connectivity index (χ2v) is 3.42. The van der Waals surface area contributed by atoms with Gasteiger partial charge in [-0.2, -0.15) is 0 Å². The molecule has 0 saturated heterocycles. The number of nitrogens with one attached hydrogen (secondary N) is 1. The highest BCUT2D eigenvalue weighted by atomic mass is 16.5. The van der Waals surface area contributed by atoms with Gasteiger partial charge in [0.1, 0.15) is 0 Å². The molecule has 0 aliphatic rings. The lowest BCUT2D eigenvalue weighted by atomic mass is 10.2. The number of carbonyl (C=O) groups excluding carboxylic acids is 2. The van der Waals surface area contributed by atoms with E-state index in [-0.39, 0.29) is 6.61 Å². The highest BCUT2D eigenvalue weighted by molar-refractivity contribution is 6.32. The SMILES string of the molecule is CCOC(=O)C(=O)N(C)CCc1cc[nH]c1. The quantitative estimate of drug-likeness (QED) is 0.601. The third kappa shape index (κ3) is 3.42. The van der Waals surface area contributed by atoms with Crippen LogP contribution >= 0.6 is 0 Å². The van der Waals surface area contributed by atoms with Crippen LogP contribution in [0.25, 0.3) is 0 Å². The summed E-state index contributed by atoms with van der Waals surface area (Å²) in [5, 5.41) is 0. The highest BCUT2D eigenvalue weighted by Crippen LogP contribution is 1.99. The van der Waals surface area contributed by atoms with E-state index in [1.54, 1.807) is 14.0 Å². The average molecular weight is 224 g/mol. The Labute approximate surface area is 94.4 Å². The van der Waals surface area contributed by atoms with Gasteiger partial charge in [-0.1, -0.05) is 0 Å². The molecule has 1 rings (SSSR count). The number of ether oxygens (including phenoxy) is 1. The Bertz CT molecular complexity index is 346. The number of rotatable bonds is 4. The lowest BCUT2D eigenvalue weighted by Gasteiger charge is -2.15. The predicted molar refractivity (Wildman–Crippen MR) is 58.8 cm³/mol. The van der Waals surface area contributed by atoms with Crippen LogP contribution in [0.1, 0.15) is 12.5 Å². The number of aromatic amines is 1. The van der Waals surface area contributed by atoms with E-state index in [0.717, 1.165) is 5.56 Å². The van der Waals surface area contributed by atoms with E-state index in [1.165, 1.54) is 4.90 Å². The van der Waals surface area contributed by atoms with E-state index in [0.29, 0.717) is 13.0 Å². The zero-order valence-electron chi connectivity index (χ0n) is 9.53. The molecule has 0 aliphatic carbocycles. The Balaban J connectivity index is 2.37. The summed E-state index contributed by atoms with van der Waals surface area (Å²) >= 11 is 0. The molecule has 0 fully saturated rings. The van der Waals surface area contributed by atoms with Crippen LogP contribution in [0.2, 0.25) is 0 Å². The van der Waals surface area contributed by atoms with Gasteiger partial charge in [-0.05, 0) is 25.0 Å². The number of amides is 1. The maximum absolute atomic E-state index is 11.4. The first-order valence-corrected chi connectivity index (χ1v) is 5.19. The second-order valence-electron chi connectivity index (χ2n) is 3.42. The molecule has 16 heavy (non-hydrogen) atoms. The van der Waals surface area contributed by atoms with Crippen LogP contribution in [-0.2, 0) is 20.7 Å². The van der Waals surface area contributed by atoms with Gasteiger partial charge < -0.3 is 14.6 Å². The molecule has 0 unspecified atom stereocenters. The molecule has 0 aromatic carbocycles. The first-order valence-electron chi connectivity index (χ1n) is 5.19. The molecule has 88 valence electrons. The van der Waals surface area contributed by atoms with Crippen LogP contribution in [0.3, 0.4) is 0 Å². The number of nitrogens with zero attached hydrogens (tertiary/aromatic N) is 1. The van der Waals surface area contributed by atoms with Gasteiger partial charge >= 0.3 is 11.9 Å². The molecule has 5 heteroatoms. The van der Waals surface area contributed by atoms with E-state index < -0.39 is 11.9 Å². The molecule has 5 nitrogen and oxygen atoms in total. The van der Waals surface area contributed by atoms with E-state index in [1.807, 2.05) is 18.5 Å². The van der Waals surface area contributed by atoms with Crippen molar-refractivity contribution in [2.24, 2.45) is 0 Å². The molecule has 1 N–H and O–H groups in total. The van der Waals surface area contributed by atoms with Crippen molar-refractivity contribution in [1.82, 2.24) is 9.88 Å². The number of aromatic nitrogens is 1. The van der Waals surface area contributed by atoms with E-state index in [4.69, 9.17) is 0 Å². The molecule has 0 spiro atoms. The van der Waals surface area contributed by atoms with Crippen LogP contribution in [-0.4, -0.2) is 42.0 Å². The topological polar surface area (TPSA) is 62.4 Å². The van der Waals surface area contributed by atoms with Crippen molar-refractivity contribution in [2.45, 2.75) is 13.3 Å². The average Bonchev–Trinajstić information content (AvgIpc) is 2.78. The van der Waals surface area contributed by atoms with Gasteiger partial charge in [0.25, 0.3) is 0 Å². The molecule has 1 aromatic rings. The lowest BCUT2D eigenvalue weighted by Crippen LogP contribution is -2.35. The summed E-state index contributed by atoms with van der Waals surface area (Å²) in [6, 6.07) is 1.93. The summed E-state index contributed by atoms with van der Waals surface area (Å²) in [6.07, 6.45) is 4.40. The molecule has 1 amide bonds. The van der Waals surface area contributed by atoms with Gasteiger partial charge in [-0.25, -0.2) is 4.79 Å². The van der Waals surface area contributed by atoms with Gasteiger partial charge in [0, 0.05) is 26.0 Å². The molecule has 0 saturated carbocycles. The third-order valence-corrected chi connectivity index (χ3v) is 2.20. The molecule has 0 bridgehead atoms. The summed E-state index contributed by atoms with van der Waals surface area (Å²) < 4.78 is 4.63. The van der Waals surface area contributed by atoms with Crippen molar-refractivity contribution in [3.05, 3.63) is 24.0 Å². The van der Waals surface area contributed by atoms with Crippen LogP contribution < -0.4 is 0 Å². The van der Waals surface area contributed by atoms with Gasteiger partial charge in [0.15, 0.2) is 0 Å². The van der Waals surface area contributed by atoms with Gasteiger partial charge in [-0.3, -0.25) is 4.79 Å². The minimum atomic E-state index is -0.793. The minimum absolute atomic E-state index is 0.218. The van der Waals surface area contributed by atoms with Crippen molar-refractivity contribution in [3.8, 4) is 0 Å². The first-order chi connectivity index (χ1) is 7.65. The van der Waals surface area contributed by atoms with Crippen molar-refractivity contribution in [2.75, 3.05) is 20.2 Å². The van der Waals surface area contributed by atoms with Crippen molar-refractivity contribution in [1.29, 1.82) is 0 Å². The van der Waals surface area contributed by atoms with Crippen LogP contribution in [0.4, 0.5) is 0 Å². The Hall–Kier alpha value is -1.78.